The first-order valence-corrected chi connectivity index (χ1v) is 14.2. The van der Waals surface area contributed by atoms with Crippen LogP contribution in [0.1, 0.15) is 56.2 Å². The molecular weight excluding hydrogens is 484 g/mol. The van der Waals surface area contributed by atoms with Crippen LogP contribution in [0.4, 0.5) is 4.39 Å². The Balaban J connectivity index is 1.71. The average molecular weight is 524 g/mol. The Labute approximate surface area is 222 Å². The van der Waals surface area contributed by atoms with Gasteiger partial charge in [0.1, 0.15) is 18.2 Å². The standard InChI is InChI=1S/C31H39FNO3P/c1-5-31(2,37-29-15-14-25(32)18-24(29)21-33-16-10-7-11-17-33)27-19-26(34-3)20-28(35-4)30(27)36-22-23-12-8-6-9-13-23/h6,8-9,12-15,18-20,37H,5,7,10-11,16-17,21-22H2,1-4H3. The smallest absolute Gasteiger partial charge is 0.166 e. The molecule has 3 aromatic rings. The summed E-state index contributed by atoms with van der Waals surface area (Å²) in [6.07, 6.45) is 4.59. The highest BCUT2D eigenvalue weighted by Crippen LogP contribution is 2.51. The van der Waals surface area contributed by atoms with Gasteiger partial charge in [-0.15, -0.1) is 0 Å². The fraction of sp³-hybridized carbons (Fsp3) is 0.419. The molecular formula is C31H39FNO3P. The summed E-state index contributed by atoms with van der Waals surface area (Å²) in [4.78, 5) is 2.46. The van der Waals surface area contributed by atoms with Gasteiger partial charge in [0.2, 0.25) is 0 Å². The summed E-state index contributed by atoms with van der Waals surface area (Å²) in [6, 6.07) is 19.4. The Kier molecular flexibility index (Phi) is 9.45. The molecule has 0 spiro atoms. The van der Waals surface area contributed by atoms with Crippen molar-refractivity contribution in [1.29, 1.82) is 0 Å². The molecule has 1 saturated heterocycles. The fourth-order valence-corrected chi connectivity index (χ4v) is 6.52. The van der Waals surface area contributed by atoms with Crippen molar-refractivity contribution in [3.8, 4) is 17.2 Å². The minimum Gasteiger partial charge on any atom is -0.497 e. The van der Waals surface area contributed by atoms with Gasteiger partial charge in [-0.3, -0.25) is 4.90 Å². The van der Waals surface area contributed by atoms with Crippen LogP contribution >= 0.6 is 8.58 Å². The predicted octanol–water partition coefficient (Wildman–Crippen LogP) is 7.04. The van der Waals surface area contributed by atoms with E-state index in [1.807, 2.05) is 30.3 Å². The third-order valence-electron chi connectivity index (χ3n) is 7.33. The zero-order valence-electron chi connectivity index (χ0n) is 22.5. The van der Waals surface area contributed by atoms with Gasteiger partial charge in [0, 0.05) is 23.3 Å². The number of ether oxygens (including phenoxy) is 3. The molecule has 3 aromatic carbocycles. The van der Waals surface area contributed by atoms with Crippen molar-refractivity contribution in [3.05, 3.63) is 83.2 Å². The number of piperidine rings is 1. The van der Waals surface area contributed by atoms with Crippen LogP contribution in [-0.4, -0.2) is 32.2 Å². The van der Waals surface area contributed by atoms with E-state index in [1.165, 1.54) is 24.6 Å². The Hall–Kier alpha value is -2.62. The molecule has 0 bridgehead atoms. The van der Waals surface area contributed by atoms with E-state index in [-0.39, 0.29) is 11.0 Å². The molecule has 37 heavy (non-hydrogen) atoms. The van der Waals surface area contributed by atoms with Gasteiger partial charge in [-0.2, -0.15) is 0 Å². The number of benzene rings is 3. The Bertz CT molecular complexity index is 1170. The van der Waals surface area contributed by atoms with Crippen molar-refractivity contribution in [3.63, 3.8) is 0 Å². The molecule has 198 valence electrons. The first-order chi connectivity index (χ1) is 18.0. The van der Waals surface area contributed by atoms with E-state index < -0.39 is 0 Å². The zero-order chi connectivity index (χ0) is 26.3. The SMILES string of the molecule is CCC(C)(Pc1ccc(F)cc1CN1CCCCC1)c1cc(OC)cc(OC)c1OCc1ccccc1. The Morgan fingerprint density at radius 3 is 2.38 bits per heavy atom. The first kappa shape index (κ1) is 27.4. The molecule has 0 saturated carbocycles. The highest BCUT2D eigenvalue weighted by atomic mass is 31.1. The molecule has 2 unspecified atom stereocenters. The lowest BCUT2D eigenvalue weighted by Gasteiger charge is -2.33. The zero-order valence-corrected chi connectivity index (χ0v) is 23.5. The summed E-state index contributed by atoms with van der Waals surface area (Å²) in [5, 5.41) is 0.939. The minimum absolute atomic E-state index is 0.173. The number of nitrogens with zero attached hydrogens (tertiary/aromatic N) is 1. The number of methoxy groups -OCH3 is 2. The molecule has 1 fully saturated rings. The molecule has 0 amide bonds. The molecule has 0 N–H and O–H groups in total. The second-order valence-electron chi connectivity index (χ2n) is 9.93. The number of hydrogen-bond donors (Lipinski definition) is 0. The van der Waals surface area contributed by atoms with E-state index >= 15 is 0 Å². The molecule has 1 aliphatic rings. The lowest BCUT2D eigenvalue weighted by Crippen LogP contribution is -2.31. The Morgan fingerprint density at radius 2 is 1.70 bits per heavy atom. The monoisotopic (exact) mass is 523 g/mol. The number of hydrogen-bond acceptors (Lipinski definition) is 4. The third kappa shape index (κ3) is 6.83. The maximum Gasteiger partial charge on any atom is 0.166 e. The molecule has 0 aliphatic carbocycles. The summed E-state index contributed by atoms with van der Waals surface area (Å²) < 4.78 is 32.3. The number of halogens is 1. The van der Waals surface area contributed by atoms with Crippen LogP contribution in [0.3, 0.4) is 0 Å². The van der Waals surface area contributed by atoms with Crippen molar-refractivity contribution >= 4 is 13.9 Å². The van der Waals surface area contributed by atoms with Crippen LogP contribution in [-0.2, 0) is 18.3 Å². The van der Waals surface area contributed by atoms with Gasteiger partial charge in [0.05, 0.1) is 14.2 Å². The molecule has 4 nitrogen and oxygen atoms in total. The molecule has 0 radical (unpaired) electrons. The van der Waals surface area contributed by atoms with E-state index in [0.717, 1.165) is 54.2 Å². The van der Waals surface area contributed by atoms with Gasteiger partial charge >= 0.3 is 0 Å². The maximum atomic E-state index is 14.4. The lowest BCUT2D eigenvalue weighted by atomic mass is 9.95. The van der Waals surface area contributed by atoms with E-state index in [0.29, 0.717) is 20.9 Å². The van der Waals surface area contributed by atoms with Crippen molar-refractivity contribution in [2.75, 3.05) is 27.3 Å². The Morgan fingerprint density at radius 1 is 0.946 bits per heavy atom. The van der Waals surface area contributed by atoms with E-state index in [9.17, 15) is 4.39 Å². The molecule has 1 aliphatic heterocycles. The quantitative estimate of drug-likeness (QED) is 0.252. The molecule has 0 aromatic heterocycles. The normalized spacial score (nSPS) is 16.0. The van der Waals surface area contributed by atoms with Gasteiger partial charge in [0.15, 0.2) is 11.5 Å². The van der Waals surface area contributed by atoms with Crippen molar-refractivity contribution in [1.82, 2.24) is 4.90 Å². The van der Waals surface area contributed by atoms with Gasteiger partial charge in [-0.25, -0.2) is 4.39 Å². The van der Waals surface area contributed by atoms with Crippen LogP contribution in [0, 0.1) is 5.82 Å². The average Bonchev–Trinajstić information content (AvgIpc) is 2.94. The number of rotatable bonds is 11. The second kappa shape index (κ2) is 12.8. The van der Waals surface area contributed by atoms with Crippen molar-refractivity contribution < 1.29 is 18.6 Å². The molecule has 2 atom stereocenters. The van der Waals surface area contributed by atoms with Gasteiger partial charge in [-0.05, 0) is 67.0 Å². The summed E-state index contributed by atoms with van der Waals surface area (Å²) in [5.41, 5.74) is 3.23. The van der Waals surface area contributed by atoms with Crippen LogP contribution in [0.25, 0.3) is 0 Å². The summed E-state index contributed by atoms with van der Waals surface area (Å²) in [5.74, 6) is 1.95. The maximum absolute atomic E-state index is 14.4. The van der Waals surface area contributed by atoms with E-state index in [1.54, 1.807) is 26.4 Å². The van der Waals surface area contributed by atoms with E-state index in [4.69, 9.17) is 14.2 Å². The van der Waals surface area contributed by atoms with Gasteiger partial charge < -0.3 is 14.2 Å². The van der Waals surface area contributed by atoms with Crippen molar-refractivity contribution in [2.24, 2.45) is 0 Å². The van der Waals surface area contributed by atoms with Crippen molar-refractivity contribution in [2.45, 2.75) is 57.8 Å². The minimum atomic E-state index is -0.262. The van der Waals surface area contributed by atoms with E-state index in [2.05, 4.69) is 36.9 Å². The van der Waals surface area contributed by atoms with Crippen LogP contribution < -0.4 is 19.5 Å². The van der Waals surface area contributed by atoms with Gasteiger partial charge in [-0.1, -0.05) is 65.2 Å². The fourth-order valence-electron chi connectivity index (χ4n) is 4.95. The highest BCUT2D eigenvalue weighted by Gasteiger charge is 2.32. The van der Waals surface area contributed by atoms with Crippen LogP contribution in [0.15, 0.2) is 60.7 Å². The lowest BCUT2D eigenvalue weighted by molar-refractivity contribution is 0.221. The van der Waals surface area contributed by atoms with Crippen LogP contribution in [0.2, 0.25) is 0 Å². The summed E-state index contributed by atoms with van der Waals surface area (Å²) in [6.45, 7) is 7.86. The molecule has 6 heteroatoms. The predicted molar refractivity (Wildman–Crippen MR) is 151 cm³/mol. The second-order valence-corrected chi connectivity index (χ2v) is 11.8. The van der Waals surface area contributed by atoms with Crippen LogP contribution in [0.5, 0.6) is 17.2 Å². The summed E-state index contributed by atoms with van der Waals surface area (Å²) >= 11 is 0. The highest BCUT2D eigenvalue weighted by molar-refractivity contribution is 7.48. The molecule has 1 heterocycles. The largest absolute Gasteiger partial charge is 0.497 e. The van der Waals surface area contributed by atoms with Gasteiger partial charge in [0.25, 0.3) is 0 Å². The molecule has 4 rings (SSSR count). The summed E-state index contributed by atoms with van der Waals surface area (Å²) in [7, 11) is 3.76. The first-order valence-electron chi connectivity index (χ1n) is 13.2. The number of likely N-dealkylation sites (tertiary alicyclic amines) is 1. The topological polar surface area (TPSA) is 30.9 Å². The third-order valence-corrected chi connectivity index (χ3v) is 9.26.